The molecule has 2 aliphatic carbocycles. The number of carbonyl (C=O) groups is 4. The number of carbonyl (C=O) groups excluding carboxylic acids is 4. The highest BCUT2D eigenvalue weighted by atomic mass is 35.5. The Labute approximate surface area is 363 Å². The minimum atomic E-state index is -1.35. The third-order valence-corrected chi connectivity index (χ3v) is 15.9. The number of amides is 4. The zero-order valence-electron chi connectivity index (χ0n) is 34.6. The Kier molecular flexibility index (Phi) is 9.76. The van der Waals surface area contributed by atoms with Crippen LogP contribution in [0.3, 0.4) is 0 Å². The van der Waals surface area contributed by atoms with Crippen molar-refractivity contribution in [1.82, 2.24) is 19.6 Å². The van der Waals surface area contributed by atoms with Crippen molar-refractivity contribution in [1.29, 1.82) is 0 Å². The summed E-state index contributed by atoms with van der Waals surface area (Å²) in [5.74, 6) is -3.96. The second-order valence-corrected chi connectivity index (χ2v) is 19.0. The van der Waals surface area contributed by atoms with E-state index in [1.54, 1.807) is 52.2 Å². The van der Waals surface area contributed by atoms with Gasteiger partial charge in [0.05, 0.1) is 34.7 Å². The molecular weight excluding hydrogens is 810 g/mol. The maximum Gasteiger partial charge on any atom is 0.242 e. The number of halogens is 1. The van der Waals surface area contributed by atoms with Gasteiger partial charge in [-0.25, -0.2) is 4.90 Å². The average molecular weight is 858 g/mol. The number of rotatable bonds is 8. The molecule has 0 radical (unpaired) electrons. The Morgan fingerprint density at radius 2 is 1.72 bits per heavy atom. The van der Waals surface area contributed by atoms with E-state index in [1.807, 2.05) is 63.2 Å². The number of anilines is 1. The van der Waals surface area contributed by atoms with E-state index in [4.69, 9.17) is 21.4 Å². The summed E-state index contributed by atoms with van der Waals surface area (Å²) in [6.07, 6.45) is 3.97. The number of aromatic hydroxyl groups is 1. The predicted octanol–water partition coefficient (Wildman–Crippen LogP) is 8.26. The van der Waals surface area contributed by atoms with E-state index in [-0.39, 0.29) is 41.7 Å². The highest BCUT2D eigenvalue weighted by Crippen LogP contribution is 2.65. The van der Waals surface area contributed by atoms with Crippen LogP contribution in [0.1, 0.15) is 62.1 Å². The lowest BCUT2D eigenvalue weighted by molar-refractivity contribution is -0.144. The number of benzene rings is 3. The van der Waals surface area contributed by atoms with Gasteiger partial charge in [-0.05, 0) is 93.2 Å². The molecule has 6 atom stereocenters. The van der Waals surface area contributed by atoms with Crippen LogP contribution in [0.15, 0.2) is 84.4 Å². The van der Waals surface area contributed by atoms with Gasteiger partial charge in [-0.2, -0.15) is 5.10 Å². The fourth-order valence-electron chi connectivity index (χ4n) is 11.4. The van der Waals surface area contributed by atoms with Gasteiger partial charge in [0.15, 0.2) is 11.5 Å². The number of fused-ring (bicyclic) bond motifs is 5. The first-order valence-corrected chi connectivity index (χ1v) is 22.5. The van der Waals surface area contributed by atoms with Gasteiger partial charge in [-0.15, -0.1) is 11.3 Å². The van der Waals surface area contributed by atoms with Crippen LogP contribution in [0.5, 0.6) is 11.5 Å². The number of allylic oxidation sites excluding steroid dienone is 2. The van der Waals surface area contributed by atoms with Crippen molar-refractivity contribution in [3.63, 3.8) is 0 Å². The maximum absolute atomic E-state index is 15.3. The number of nitrogens with zero attached hydrogens (tertiary/aromatic N) is 5. The fraction of sp³-hybridized carbons (Fsp3) is 0.396. The zero-order chi connectivity index (χ0) is 42.5. The van der Waals surface area contributed by atoms with E-state index >= 15 is 9.59 Å². The molecule has 3 aliphatic heterocycles. The first-order chi connectivity index (χ1) is 29.4. The molecule has 0 spiro atoms. The Balaban J connectivity index is 1.01. The van der Waals surface area contributed by atoms with Crippen LogP contribution in [0.25, 0.3) is 20.7 Å². The Bertz CT molecular complexity index is 2670. The molecule has 13 heteroatoms. The van der Waals surface area contributed by atoms with Crippen molar-refractivity contribution in [2.75, 3.05) is 24.6 Å². The largest absolute Gasteiger partial charge is 0.504 e. The highest BCUT2D eigenvalue weighted by Gasteiger charge is 2.68. The smallest absolute Gasteiger partial charge is 0.242 e. The average Bonchev–Trinajstić information content (AvgIpc) is 3.92. The monoisotopic (exact) mass is 857 g/mol. The van der Waals surface area contributed by atoms with Crippen molar-refractivity contribution < 1.29 is 29.0 Å². The number of imide groups is 2. The number of phenols is 1. The molecule has 0 unspecified atom stereocenters. The van der Waals surface area contributed by atoms with Crippen LogP contribution in [0.2, 0.25) is 5.02 Å². The fourth-order valence-corrected chi connectivity index (χ4v) is 12.7. The van der Waals surface area contributed by atoms with Crippen LogP contribution in [0.4, 0.5) is 5.82 Å². The number of likely N-dealkylation sites (tertiary alicyclic amines) is 2. The molecule has 11 nitrogen and oxygen atoms in total. The van der Waals surface area contributed by atoms with Gasteiger partial charge in [-0.1, -0.05) is 65.7 Å². The Hall–Kier alpha value is -5.30. The van der Waals surface area contributed by atoms with Gasteiger partial charge < -0.3 is 9.84 Å². The predicted molar refractivity (Wildman–Crippen MR) is 234 cm³/mol. The number of aromatic nitrogens is 2. The van der Waals surface area contributed by atoms with E-state index < -0.39 is 40.9 Å². The van der Waals surface area contributed by atoms with E-state index in [0.717, 1.165) is 45.7 Å². The number of para-hydroxylation sites is 1. The minimum Gasteiger partial charge on any atom is -0.504 e. The summed E-state index contributed by atoms with van der Waals surface area (Å²) < 4.78 is 8.48. The molecule has 314 valence electrons. The molecule has 3 saturated heterocycles. The SMILES string of the molecule is CCOc1cccc([C@H]2C3=CC[C@@H]4C(=O)N(C5CCN(Cc6ccccc6)CC5)C(=O)[C@@H]4[C@@H]3C[C@H]3C(=O)N(c4cc(-c5sc6ccc(Cl)cc6c5C)nn4C)C(=O)[C@@]23C)c1O. The molecule has 5 aromatic rings. The van der Waals surface area contributed by atoms with Crippen LogP contribution in [-0.2, 0) is 32.8 Å². The summed E-state index contributed by atoms with van der Waals surface area (Å²) in [5, 5.41) is 18.4. The Morgan fingerprint density at radius 1 is 0.951 bits per heavy atom. The van der Waals surface area contributed by atoms with Crippen LogP contribution < -0.4 is 9.64 Å². The van der Waals surface area contributed by atoms with Gasteiger partial charge >= 0.3 is 0 Å². The molecule has 2 aromatic heterocycles. The number of aryl methyl sites for hydroxylation is 2. The highest BCUT2D eigenvalue weighted by molar-refractivity contribution is 7.22. The van der Waals surface area contributed by atoms with E-state index in [2.05, 4.69) is 17.0 Å². The van der Waals surface area contributed by atoms with Crippen LogP contribution in [0, 0.1) is 36.0 Å². The van der Waals surface area contributed by atoms with Gasteiger partial charge in [0.1, 0.15) is 11.5 Å². The molecule has 0 bridgehead atoms. The van der Waals surface area contributed by atoms with Gasteiger partial charge in [-0.3, -0.25) is 33.7 Å². The number of hydrogen-bond donors (Lipinski definition) is 1. The normalized spacial score (nSPS) is 26.8. The maximum atomic E-state index is 15.3. The number of phenolic OH excluding ortho intramolecular Hbond substituents is 1. The van der Waals surface area contributed by atoms with Crippen molar-refractivity contribution in [3.05, 3.63) is 106 Å². The first-order valence-electron chi connectivity index (χ1n) is 21.3. The number of ether oxygens (including phenoxy) is 1. The topological polar surface area (TPSA) is 125 Å². The summed E-state index contributed by atoms with van der Waals surface area (Å²) in [7, 11) is 1.73. The minimum absolute atomic E-state index is 0.0995. The first kappa shape index (κ1) is 39.8. The third kappa shape index (κ3) is 6.11. The van der Waals surface area contributed by atoms with E-state index in [1.165, 1.54) is 10.5 Å². The second kappa shape index (κ2) is 15.0. The molecule has 1 saturated carbocycles. The number of hydrogen-bond acceptors (Lipinski definition) is 9. The molecule has 4 amide bonds. The van der Waals surface area contributed by atoms with Crippen molar-refractivity contribution in [3.8, 4) is 22.1 Å². The summed E-state index contributed by atoms with van der Waals surface area (Å²) in [5.41, 5.74) is 2.80. The number of thiophene rings is 1. The van der Waals surface area contributed by atoms with Crippen molar-refractivity contribution >= 4 is 62.5 Å². The van der Waals surface area contributed by atoms with Crippen molar-refractivity contribution in [2.24, 2.45) is 36.1 Å². The van der Waals surface area contributed by atoms with Crippen LogP contribution >= 0.6 is 22.9 Å². The van der Waals surface area contributed by atoms with Gasteiger partial charge in [0.25, 0.3) is 0 Å². The molecule has 1 N–H and O–H groups in total. The molecule has 3 aromatic carbocycles. The van der Waals surface area contributed by atoms with Gasteiger partial charge in [0.2, 0.25) is 23.6 Å². The third-order valence-electron chi connectivity index (χ3n) is 14.3. The van der Waals surface area contributed by atoms with Crippen LogP contribution in [-0.4, -0.2) is 74.1 Å². The lowest BCUT2D eigenvalue weighted by Crippen LogP contribution is -2.49. The lowest BCUT2D eigenvalue weighted by Gasteiger charge is -2.49. The Morgan fingerprint density at radius 3 is 2.48 bits per heavy atom. The summed E-state index contributed by atoms with van der Waals surface area (Å²) >= 11 is 7.93. The molecule has 4 fully saturated rings. The lowest BCUT2D eigenvalue weighted by atomic mass is 9.51. The molecule has 5 heterocycles. The van der Waals surface area contributed by atoms with Crippen molar-refractivity contribution in [2.45, 2.75) is 65.0 Å². The summed E-state index contributed by atoms with van der Waals surface area (Å²) in [6, 6.07) is 22.9. The molecule has 61 heavy (non-hydrogen) atoms. The number of piperidine rings is 1. The molecular formula is C48H48ClN5O6S. The zero-order valence-corrected chi connectivity index (χ0v) is 36.2. The van der Waals surface area contributed by atoms with E-state index in [0.29, 0.717) is 48.0 Å². The standard InChI is InChI=1S/C48H48ClN5O6S/c1-5-60-37-13-9-12-32(42(37)55)41-30-15-16-31-40(46(58)53(44(31)56)29-18-20-52(21-19-29)25-27-10-7-6-8-11-27)34(30)23-35-45(57)54(47(59)48(35,41)3)39-24-36(50-51(39)4)43-26(2)33-22-28(49)14-17-38(33)61-43/h6-15,17,22,24,29,31,34-35,40-41,55H,5,16,18-21,23,25H2,1-4H3/t31-,34+,35-,40-,41+,48+/m0/s1. The molecule has 10 rings (SSSR count). The molecule has 5 aliphatic rings. The quantitative estimate of drug-likeness (QED) is 0.122. The van der Waals surface area contributed by atoms with E-state index in [9.17, 15) is 14.7 Å². The summed E-state index contributed by atoms with van der Waals surface area (Å²) in [6.45, 7) is 8.36. The summed E-state index contributed by atoms with van der Waals surface area (Å²) in [4.78, 5) is 65.7. The van der Waals surface area contributed by atoms with Gasteiger partial charge in [0, 0.05) is 60.0 Å². The second-order valence-electron chi connectivity index (χ2n) is 17.5.